The molecule has 1 heterocycles. The van der Waals surface area contributed by atoms with E-state index in [1.807, 2.05) is 0 Å². The van der Waals surface area contributed by atoms with Gasteiger partial charge in [0.1, 0.15) is 6.54 Å². The number of carbonyl (C=O) groups excluding carboxylic acids is 3. The zero-order valence-corrected chi connectivity index (χ0v) is 18.5. The van der Waals surface area contributed by atoms with E-state index in [-0.39, 0.29) is 11.3 Å². The first-order valence-electron chi connectivity index (χ1n) is 9.96. The van der Waals surface area contributed by atoms with Gasteiger partial charge in [-0.1, -0.05) is 36.0 Å². The lowest BCUT2D eigenvalue weighted by Gasteiger charge is -2.23. The van der Waals surface area contributed by atoms with Gasteiger partial charge in [0.05, 0.1) is 35.2 Å². The molecule has 174 valence electrons. The molecule has 3 aromatic carbocycles. The van der Waals surface area contributed by atoms with Crippen LogP contribution in [0.5, 0.6) is 0 Å². The van der Waals surface area contributed by atoms with Gasteiger partial charge < -0.3 is 10.1 Å². The summed E-state index contributed by atoms with van der Waals surface area (Å²) in [6.45, 7) is -0.572. The highest BCUT2D eigenvalue weighted by Gasteiger charge is 2.34. The van der Waals surface area contributed by atoms with Gasteiger partial charge in [-0.15, -0.1) is 0 Å². The first-order chi connectivity index (χ1) is 16.2. The van der Waals surface area contributed by atoms with Crippen LogP contribution in [0.3, 0.4) is 0 Å². The van der Waals surface area contributed by atoms with Crippen molar-refractivity contribution in [3.05, 3.63) is 83.4 Å². The van der Waals surface area contributed by atoms with Crippen LogP contribution in [0.15, 0.2) is 76.5 Å². The minimum absolute atomic E-state index is 0.161. The van der Waals surface area contributed by atoms with Gasteiger partial charge in [0.15, 0.2) is 0 Å². The minimum Gasteiger partial charge on any atom is -0.465 e. The zero-order chi connectivity index (χ0) is 24.5. The number of alkyl halides is 3. The third kappa shape index (κ3) is 4.62. The number of anilines is 2. The summed E-state index contributed by atoms with van der Waals surface area (Å²) in [5.74, 6) is -1.99. The fraction of sp³-hybridized carbons (Fsp3) is 0.125. The van der Waals surface area contributed by atoms with Crippen LogP contribution in [-0.4, -0.2) is 31.4 Å². The molecular weight excluding hydrogens is 469 g/mol. The predicted octanol–water partition coefficient (Wildman–Crippen LogP) is 5.24. The Morgan fingerprint density at radius 3 is 2.44 bits per heavy atom. The van der Waals surface area contributed by atoms with Gasteiger partial charge in [0.2, 0.25) is 5.91 Å². The van der Waals surface area contributed by atoms with Gasteiger partial charge in [-0.3, -0.25) is 14.5 Å². The van der Waals surface area contributed by atoms with Crippen molar-refractivity contribution < 1.29 is 32.3 Å². The van der Waals surface area contributed by atoms with Crippen molar-refractivity contribution in [3.8, 4) is 0 Å². The number of esters is 1. The Morgan fingerprint density at radius 2 is 1.71 bits per heavy atom. The highest BCUT2D eigenvalue weighted by molar-refractivity contribution is 7.99. The smallest absolute Gasteiger partial charge is 0.418 e. The number of methoxy groups -OCH3 is 1. The van der Waals surface area contributed by atoms with Crippen LogP contribution in [0.1, 0.15) is 26.3 Å². The average Bonchev–Trinajstić information content (AvgIpc) is 2.92. The van der Waals surface area contributed by atoms with Crippen molar-refractivity contribution in [3.63, 3.8) is 0 Å². The second-order valence-corrected chi connectivity index (χ2v) is 8.34. The van der Waals surface area contributed by atoms with Gasteiger partial charge in [0, 0.05) is 9.79 Å². The SMILES string of the molecule is COC(=O)c1ccc2c(c1)N(CC(=O)Nc1ccccc1C(F)(F)F)C(=O)c1ccccc1S2. The van der Waals surface area contributed by atoms with Crippen molar-refractivity contribution in [2.45, 2.75) is 16.0 Å². The summed E-state index contributed by atoms with van der Waals surface area (Å²) in [4.78, 5) is 40.7. The van der Waals surface area contributed by atoms with Crippen molar-refractivity contribution >= 4 is 40.9 Å². The van der Waals surface area contributed by atoms with Crippen molar-refractivity contribution in [2.75, 3.05) is 23.9 Å². The van der Waals surface area contributed by atoms with Gasteiger partial charge in [-0.25, -0.2) is 4.79 Å². The molecule has 0 radical (unpaired) electrons. The van der Waals surface area contributed by atoms with Crippen molar-refractivity contribution in [2.24, 2.45) is 0 Å². The molecule has 0 bridgehead atoms. The average molecular weight is 486 g/mol. The third-order valence-corrected chi connectivity index (χ3v) is 6.20. The Kier molecular flexibility index (Phi) is 6.34. The number of fused-ring (bicyclic) bond motifs is 2. The molecule has 1 N–H and O–H groups in total. The second kappa shape index (κ2) is 9.22. The van der Waals surface area contributed by atoms with E-state index in [1.165, 1.54) is 43.1 Å². The fourth-order valence-electron chi connectivity index (χ4n) is 3.49. The predicted molar refractivity (Wildman–Crippen MR) is 120 cm³/mol. The molecule has 0 atom stereocenters. The Labute approximate surface area is 196 Å². The number of para-hydroxylation sites is 1. The molecule has 4 rings (SSSR count). The maximum absolute atomic E-state index is 13.4. The standard InChI is InChI=1S/C24H17F3N2O4S/c1-33-23(32)14-10-11-20-18(12-14)29(22(31)15-6-2-5-9-19(15)34-20)13-21(30)28-17-8-4-3-7-16(17)24(25,26)27/h2-12H,13H2,1H3,(H,28,30). The molecule has 0 spiro atoms. The molecule has 10 heteroatoms. The summed E-state index contributed by atoms with van der Waals surface area (Å²) in [7, 11) is 1.22. The Hall–Kier alpha value is -3.79. The maximum atomic E-state index is 13.4. The summed E-state index contributed by atoms with van der Waals surface area (Å²) >= 11 is 1.28. The van der Waals surface area contributed by atoms with E-state index in [2.05, 4.69) is 5.32 Å². The van der Waals surface area contributed by atoms with Crippen LogP contribution >= 0.6 is 11.8 Å². The number of hydrogen-bond acceptors (Lipinski definition) is 5. The number of halogens is 3. The molecular formula is C24H17F3N2O4S. The number of hydrogen-bond donors (Lipinski definition) is 1. The normalized spacial score (nSPS) is 12.9. The van der Waals surface area contributed by atoms with E-state index in [9.17, 15) is 27.6 Å². The molecule has 0 unspecified atom stereocenters. The highest BCUT2D eigenvalue weighted by atomic mass is 32.2. The molecule has 0 aliphatic carbocycles. The molecule has 3 aromatic rings. The lowest BCUT2D eigenvalue weighted by molar-refractivity contribution is -0.137. The molecule has 0 aromatic heterocycles. The van der Waals surface area contributed by atoms with E-state index in [1.54, 1.807) is 30.3 Å². The summed E-state index contributed by atoms with van der Waals surface area (Å²) < 4.78 is 44.7. The monoisotopic (exact) mass is 486 g/mol. The van der Waals surface area contributed by atoms with Crippen molar-refractivity contribution in [1.29, 1.82) is 0 Å². The summed E-state index contributed by atoms with van der Waals surface area (Å²) in [6.07, 6.45) is -4.67. The van der Waals surface area contributed by atoms with Crippen LogP contribution < -0.4 is 10.2 Å². The highest BCUT2D eigenvalue weighted by Crippen LogP contribution is 2.42. The molecule has 2 amide bonds. The largest absolute Gasteiger partial charge is 0.465 e. The van der Waals surface area contributed by atoms with Gasteiger partial charge in [0.25, 0.3) is 5.91 Å². The van der Waals surface area contributed by atoms with E-state index < -0.39 is 41.8 Å². The van der Waals surface area contributed by atoms with Gasteiger partial charge in [-0.2, -0.15) is 13.2 Å². The number of nitrogens with zero attached hydrogens (tertiary/aromatic N) is 1. The quantitative estimate of drug-likeness (QED) is 0.511. The Balaban J connectivity index is 1.72. The molecule has 0 saturated heterocycles. The topological polar surface area (TPSA) is 75.7 Å². The molecule has 1 aliphatic rings. The van der Waals surface area contributed by atoms with Crippen LogP contribution in [0.2, 0.25) is 0 Å². The van der Waals surface area contributed by atoms with Crippen LogP contribution in [0.4, 0.5) is 24.5 Å². The van der Waals surface area contributed by atoms with Gasteiger partial charge in [-0.05, 0) is 42.5 Å². The Bertz CT molecular complexity index is 1290. The van der Waals surface area contributed by atoms with Crippen molar-refractivity contribution in [1.82, 2.24) is 0 Å². The van der Waals surface area contributed by atoms with Gasteiger partial charge >= 0.3 is 12.1 Å². The minimum atomic E-state index is -4.67. The molecule has 0 fully saturated rings. The van der Waals surface area contributed by atoms with E-state index in [0.29, 0.717) is 15.4 Å². The zero-order valence-electron chi connectivity index (χ0n) is 17.7. The number of rotatable bonds is 4. The number of carbonyl (C=O) groups is 3. The third-order valence-electron chi connectivity index (χ3n) is 5.06. The second-order valence-electron chi connectivity index (χ2n) is 7.26. The summed E-state index contributed by atoms with van der Waals surface area (Å²) in [5, 5.41) is 2.26. The summed E-state index contributed by atoms with van der Waals surface area (Å²) in [5.41, 5.74) is -0.658. The summed E-state index contributed by atoms with van der Waals surface area (Å²) in [6, 6.07) is 16.0. The van der Waals surface area contributed by atoms with E-state index >= 15 is 0 Å². The van der Waals surface area contributed by atoms with Crippen LogP contribution in [0, 0.1) is 0 Å². The first kappa shape index (κ1) is 23.4. The maximum Gasteiger partial charge on any atom is 0.418 e. The van der Waals surface area contributed by atoms with E-state index in [4.69, 9.17) is 4.74 Å². The molecule has 0 saturated carbocycles. The first-order valence-corrected chi connectivity index (χ1v) is 10.8. The Morgan fingerprint density at radius 1 is 1.00 bits per heavy atom. The molecule has 6 nitrogen and oxygen atoms in total. The van der Waals surface area contributed by atoms with E-state index in [0.717, 1.165) is 17.0 Å². The van der Waals surface area contributed by atoms with Crippen LogP contribution in [-0.2, 0) is 15.7 Å². The number of benzene rings is 3. The van der Waals surface area contributed by atoms with Crippen LogP contribution in [0.25, 0.3) is 0 Å². The number of ether oxygens (including phenoxy) is 1. The molecule has 34 heavy (non-hydrogen) atoms. The lowest BCUT2D eigenvalue weighted by atomic mass is 10.1. The molecule has 1 aliphatic heterocycles. The number of amides is 2. The fourth-order valence-corrected chi connectivity index (χ4v) is 4.55. The lowest BCUT2D eigenvalue weighted by Crippen LogP contribution is -2.38. The number of nitrogens with one attached hydrogen (secondary N) is 1.